The molecular formula is C14H21NOS2. The molecule has 1 fully saturated rings. The zero-order chi connectivity index (χ0) is 13.1. The molecule has 0 saturated heterocycles. The van der Waals surface area contributed by atoms with Gasteiger partial charge in [0, 0.05) is 23.4 Å². The Bertz CT molecular complexity index is 408. The van der Waals surface area contributed by atoms with Crippen LogP contribution < -0.4 is 0 Å². The number of rotatable bonds is 3. The second-order valence-corrected chi connectivity index (χ2v) is 6.60. The van der Waals surface area contributed by atoms with E-state index in [0.29, 0.717) is 6.04 Å². The summed E-state index contributed by atoms with van der Waals surface area (Å²) in [5.41, 5.74) is 0. The first-order valence-corrected chi connectivity index (χ1v) is 7.99. The van der Waals surface area contributed by atoms with E-state index in [9.17, 15) is 4.79 Å². The maximum Gasteiger partial charge on any atom is 0.263 e. The maximum atomic E-state index is 12.3. The van der Waals surface area contributed by atoms with Crippen molar-refractivity contribution in [3.05, 3.63) is 16.3 Å². The number of carbonyl (C=O) groups excluding carboxylic acids is 1. The SMILES string of the molecule is CCC1CCC(N(C)C(=O)c2cc(S)cs2)CC1. The first kappa shape index (κ1) is 13.9. The fourth-order valence-electron chi connectivity index (χ4n) is 2.72. The van der Waals surface area contributed by atoms with Crippen LogP contribution >= 0.6 is 24.0 Å². The van der Waals surface area contributed by atoms with Crippen LogP contribution in [0.15, 0.2) is 16.3 Å². The Morgan fingerprint density at radius 1 is 1.44 bits per heavy atom. The normalized spacial score (nSPS) is 23.9. The highest BCUT2D eigenvalue weighted by Gasteiger charge is 2.26. The Labute approximate surface area is 119 Å². The van der Waals surface area contributed by atoms with Crippen molar-refractivity contribution in [2.75, 3.05) is 7.05 Å². The third-order valence-corrected chi connectivity index (χ3v) is 5.41. The van der Waals surface area contributed by atoms with E-state index in [1.54, 1.807) is 0 Å². The Morgan fingerprint density at radius 2 is 2.11 bits per heavy atom. The third kappa shape index (κ3) is 3.09. The molecule has 4 heteroatoms. The average molecular weight is 283 g/mol. The Kier molecular flexibility index (Phi) is 4.73. The minimum atomic E-state index is 0.153. The van der Waals surface area contributed by atoms with Gasteiger partial charge in [-0.25, -0.2) is 0 Å². The molecule has 0 bridgehead atoms. The summed E-state index contributed by atoms with van der Waals surface area (Å²) in [7, 11) is 1.94. The lowest BCUT2D eigenvalue weighted by molar-refractivity contribution is 0.0679. The van der Waals surface area contributed by atoms with Crippen molar-refractivity contribution in [2.24, 2.45) is 5.92 Å². The summed E-state index contributed by atoms with van der Waals surface area (Å²) in [5, 5.41) is 1.91. The van der Waals surface area contributed by atoms with Gasteiger partial charge in [-0.15, -0.1) is 24.0 Å². The van der Waals surface area contributed by atoms with Crippen LogP contribution in [-0.2, 0) is 0 Å². The number of nitrogens with zero attached hydrogens (tertiary/aromatic N) is 1. The molecular weight excluding hydrogens is 262 g/mol. The molecule has 18 heavy (non-hydrogen) atoms. The molecule has 1 amide bonds. The summed E-state index contributed by atoms with van der Waals surface area (Å²) >= 11 is 5.75. The molecule has 0 atom stereocenters. The van der Waals surface area contributed by atoms with Gasteiger partial charge in [-0.3, -0.25) is 4.79 Å². The summed E-state index contributed by atoms with van der Waals surface area (Å²) in [6.45, 7) is 2.26. The van der Waals surface area contributed by atoms with Crippen LogP contribution in [0.1, 0.15) is 48.7 Å². The molecule has 100 valence electrons. The molecule has 0 N–H and O–H groups in total. The fraction of sp³-hybridized carbons (Fsp3) is 0.643. The number of hydrogen-bond donors (Lipinski definition) is 1. The van der Waals surface area contributed by atoms with E-state index in [4.69, 9.17) is 0 Å². The monoisotopic (exact) mass is 283 g/mol. The van der Waals surface area contributed by atoms with Crippen LogP contribution in [0.25, 0.3) is 0 Å². The van der Waals surface area contributed by atoms with Gasteiger partial charge in [-0.2, -0.15) is 0 Å². The van der Waals surface area contributed by atoms with Crippen LogP contribution in [-0.4, -0.2) is 23.9 Å². The van der Waals surface area contributed by atoms with Crippen molar-refractivity contribution in [3.63, 3.8) is 0 Å². The quantitative estimate of drug-likeness (QED) is 0.829. The highest BCUT2D eigenvalue weighted by Crippen LogP contribution is 2.30. The Hall–Kier alpha value is -0.480. The molecule has 0 aliphatic heterocycles. The minimum Gasteiger partial charge on any atom is -0.338 e. The number of thiol groups is 1. The highest BCUT2D eigenvalue weighted by molar-refractivity contribution is 7.80. The van der Waals surface area contributed by atoms with E-state index in [0.717, 1.165) is 28.5 Å². The van der Waals surface area contributed by atoms with Gasteiger partial charge in [-0.05, 0) is 37.7 Å². The van der Waals surface area contributed by atoms with Crippen molar-refractivity contribution in [1.82, 2.24) is 4.90 Å². The number of hydrogen-bond acceptors (Lipinski definition) is 3. The molecule has 1 aromatic rings. The second-order valence-electron chi connectivity index (χ2n) is 5.17. The topological polar surface area (TPSA) is 20.3 Å². The number of thiophene rings is 1. The van der Waals surface area contributed by atoms with Crippen molar-refractivity contribution >= 4 is 29.9 Å². The molecule has 1 aliphatic carbocycles. The van der Waals surface area contributed by atoms with Gasteiger partial charge in [-0.1, -0.05) is 13.3 Å². The Balaban J connectivity index is 1.95. The molecule has 1 aromatic heterocycles. The maximum absolute atomic E-state index is 12.3. The van der Waals surface area contributed by atoms with Gasteiger partial charge in [0.1, 0.15) is 0 Å². The second kappa shape index (κ2) is 6.11. The molecule has 0 unspecified atom stereocenters. The van der Waals surface area contributed by atoms with E-state index in [2.05, 4.69) is 19.6 Å². The highest BCUT2D eigenvalue weighted by atomic mass is 32.1. The van der Waals surface area contributed by atoms with Crippen molar-refractivity contribution in [3.8, 4) is 0 Å². The zero-order valence-electron chi connectivity index (χ0n) is 11.1. The van der Waals surface area contributed by atoms with Crippen LogP contribution in [0.4, 0.5) is 0 Å². The first-order chi connectivity index (χ1) is 8.61. The largest absolute Gasteiger partial charge is 0.338 e. The number of carbonyl (C=O) groups is 1. The lowest BCUT2D eigenvalue weighted by Crippen LogP contribution is -2.39. The fourth-order valence-corrected chi connectivity index (χ4v) is 3.85. The van der Waals surface area contributed by atoms with Crippen molar-refractivity contribution in [1.29, 1.82) is 0 Å². The van der Waals surface area contributed by atoms with E-state index in [1.807, 2.05) is 23.4 Å². The molecule has 1 aliphatic rings. The number of amides is 1. The summed E-state index contributed by atoms with van der Waals surface area (Å²) in [6.07, 6.45) is 6.11. The zero-order valence-corrected chi connectivity index (χ0v) is 12.8. The molecule has 2 nitrogen and oxygen atoms in total. The summed E-state index contributed by atoms with van der Waals surface area (Å²) in [6, 6.07) is 2.29. The molecule has 0 aromatic carbocycles. The third-order valence-electron chi connectivity index (χ3n) is 4.06. The smallest absolute Gasteiger partial charge is 0.263 e. The standard InChI is InChI=1S/C14H21NOS2/c1-3-10-4-6-11(7-5-10)15(2)14(16)13-8-12(17)9-18-13/h8-11,17H,3-7H2,1-2H3. The lowest BCUT2D eigenvalue weighted by atomic mass is 9.84. The molecule has 0 radical (unpaired) electrons. The van der Waals surface area contributed by atoms with Gasteiger partial charge in [0.05, 0.1) is 4.88 Å². The molecule has 1 heterocycles. The van der Waals surface area contributed by atoms with Crippen LogP contribution in [0.5, 0.6) is 0 Å². The van der Waals surface area contributed by atoms with Crippen molar-refractivity contribution in [2.45, 2.75) is 50.0 Å². The first-order valence-electron chi connectivity index (χ1n) is 6.66. The summed E-state index contributed by atoms with van der Waals surface area (Å²) < 4.78 is 0. The molecule has 2 rings (SSSR count). The summed E-state index contributed by atoms with van der Waals surface area (Å²) in [5.74, 6) is 1.02. The summed E-state index contributed by atoms with van der Waals surface area (Å²) in [4.78, 5) is 15.9. The van der Waals surface area contributed by atoms with Gasteiger partial charge < -0.3 is 4.90 Å². The van der Waals surface area contributed by atoms with Crippen LogP contribution in [0, 0.1) is 5.92 Å². The molecule has 1 saturated carbocycles. The molecule has 0 spiro atoms. The van der Waals surface area contributed by atoms with Crippen LogP contribution in [0.3, 0.4) is 0 Å². The van der Waals surface area contributed by atoms with E-state index >= 15 is 0 Å². The van der Waals surface area contributed by atoms with Gasteiger partial charge in [0.2, 0.25) is 0 Å². The van der Waals surface area contributed by atoms with E-state index in [1.165, 1.54) is 30.6 Å². The average Bonchev–Trinajstić information content (AvgIpc) is 2.84. The van der Waals surface area contributed by atoms with Gasteiger partial charge >= 0.3 is 0 Å². The van der Waals surface area contributed by atoms with Gasteiger partial charge in [0.15, 0.2) is 0 Å². The van der Waals surface area contributed by atoms with E-state index in [-0.39, 0.29) is 5.91 Å². The van der Waals surface area contributed by atoms with Gasteiger partial charge in [0.25, 0.3) is 5.91 Å². The lowest BCUT2D eigenvalue weighted by Gasteiger charge is -2.34. The van der Waals surface area contributed by atoms with E-state index < -0.39 is 0 Å². The van der Waals surface area contributed by atoms with Crippen molar-refractivity contribution < 1.29 is 4.79 Å². The predicted octanol–water partition coefficient (Wildman–Crippen LogP) is 4.08. The minimum absolute atomic E-state index is 0.153. The predicted molar refractivity (Wildman–Crippen MR) is 79.7 cm³/mol. The van der Waals surface area contributed by atoms with Crippen LogP contribution in [0.2, 0.25) is 0 Å². The Morgan fingerprint density at radius 3 is 2.61 bits per heavy atom.